The van der Waals surface area contributed by atoms with E-state index in [0.29, 0.717) is 0 Å². The van der Waals surface area contributed by atoms with E-state index in [-0.39, 0.29) is 12.2 Å². The summed E-state index contributed by atoms with van der Waals surface area (Å²) >= 11 is 0. The summed E-state index contributed by atoms with van der Waals surface area (Å²) in [6.07, 6.45) is 0. The van der Waals surface area contributed by atoms with Crippen molar-refractivity contribution in [3.8, 4) is 0 Å². The molecule has 0 fully saturated rings. The number of carbonyl (C=O) groups is 1. The minimum atomic E-state index is -4.40. The zero-order valence-electron chi connectivity index (χ0n) is 7.84. The third kappa shape index (κ3) is 17.4. The molecular formula is C6H13O7P. The van der Waals surface area contributed by atoms with E-state index >= 15 is 0 Å². The first-order chi connectivity index (χ1) is 6.20. The topological polar surface area (TPSA) is 113 Å². The minimum absolute atomic E-state index is 0.116. The van der Waals surface area contributed by atoms with Gasteiger partial charge in [-0.1, -0.05) is 6.58 Å². The summed E-state index contributed by atoms with van der Waals surface area (Å²) in [6, 6.07) is 0. The van der Waals surface area contributed by atoms with E-state index in [9.17, 15) is 9.36 Å². The fourth-order valence-corrected chi connectivity index (χ4v) is 0.364. The molecule has 8 heteroatoms. The van der Waals surface area contributed by atoms with E-state index in [4.69, 9.17) is 14.9 Å². The van der Waals surface area contributed by atoms with Crippen LogP contribution in [0.4, 0.5) is 0 Å². The largest absolute Gasteiger partial charge is 0.496 e. The second-order valence-electron chi connectivity index (χ2n) is 2.06. The van der Waals surface area contributed by atoms with Crippen LogP contribution in [0.1, 0.15) is 13.8 Å². The Morgan fingerprint density at radius 2 is 1.86 bits per heavy atom. The van der Waals surface area contributed by atoms with Crippen molar-refractivity contribution in [3.63, 3.8) is 0 Å². The van der Waals surface area contributed by atoms with Crippen molar-refractivity contribution in [2.45, 2.75) is 13.8 Å². The zero-order chi connectivity index (χ0) is 11.8. The van der Waals surface area contributed by atoms with Gasteiger partial charge in [-0.15, -0.1) is 4.67 Å². The molecule has 0 heterocycles. The molecule has 0 atom stereocenters. The van der Waals surface area contributed by atoms with Gasteiger partial charge in [0, 0.05) is 5.57 Å². The standard InChI is InChI=1S/C4H6O2.C2H7O5P/c1-3(2)4(5)6;1-2-6-7-8(3,4)5/h1H2,2H3,(H,5,6);2H2,1H3,(H2,3,4,5). The van der Waals surface area contributed by atoms with Crippen LogP contribution in [0.25, 0.3) is 0 Å². The molecule has 0 aromatic rings. The van der Waals surface area contributed by atoms with Crippen molar-refractivity contribution in [2.75, 3.05) is 6.61 Å². The first kappa shape index (κ1) is 15.7. The average molecular weight is 228 g/mol. The predicted octanol–water partition coefficient (Wildman–Crippen LogP) is 0.694. The lowest BCUT2D eigenvalue weighted by Gasteiger charge is -1.99. The molecule has 0 radical (unpaired) electrons. The molecule has 84 valence electrons. The number of rotatable bonds is 4. The van der Waals surface area contributed by atoms with Gasteiger partial charge in [0.15, 0.2) is 0 Å². The SMILES string of the molecule is C=C(C)C(=O)O.CCOOP(=O)(O)O. The van der Waals surface area contributed by atoms with Crippen molar-refractivity contribution in [1.29, 1.82) is 0 Å². The Kier molecular flexibility index (Phi) is 8.61. The van der Waals surface area contributed by atoms with Crippen LogP contribution in [0.2, 0.25) is 0 Å². The number of aliphatic carboxylic acids is 1. The van der Waals surface area contributed by atoms with Crippen molar-refractivity contribution in [1.82, 2.24) is 0 Å². The number of phosphoric acid groups is 1. The lowest BCUT2D eigenvalue weighted by atomic mass is 10.4. The summed E-state index contributed by atoms with van der Waals surface area (Å²) in [7, 11) is -4.40. The van der Waals surface area contributed by atoms with Gasteiger partial charge in [-0.05, 0) is 13.8 Å². The van der Waals surface area contributed by atoms with Crippen LogP contribution >= 0.6 is 7.82 Å². The Balaban J connectivity index is 0. The number of carboxylic acid groups (broad SMARTS) is 1. The molecule has 0 aliphatic heterocycles. The number of hydrogen-bond acceptors (Lipinski definition) is 4. The van der Waals surface area contributed by atoms with E-state index < -0.39 is 13.8 Å². The molecule has 0 saturated carbocycles. The monoisotopic (exact) mass is 228 g/mol. The second kappa shape index (κ2) is 7.66. The van der Waals surface area contributed by atoms with Crippen molar-refractivity contribution < 1.29 is 33.8 Å². The van der Waals surface area contributed by atoms with Gasteiger partial charge >= 0.3 is 13.8 Å². The van der Waals surface area contributed by atoms with Gasteiger partial charge in [-0.3, -0.25) is 0 Å². The summed E-state index contributed by atoms with van der Waals surface area (Å²) in [5, 5.41) is 7.89. The molecule has 0 aromatic heterocycles. The van der Waals surface area contributed by atoms with Crippen LogP contribution in [-0.4, -0.2) is 27.5 Å². The van der Waals surface area contributed by atoms with E-state index in [2.05, 4.69) is 16.1 Å². The highest BCUT2D eigenvalue weighted by molar-refractivity contribution is 7.46. The predicted molar refractivity (Wildman–Crippen MR) is 47.2 cm³/mol. The zero-order valence-corrected chi connectivity index (χ0v) is 8.73. The van der Waals surface area contributed by atoms with E-state index in [1.165, 1.54) is 6.92 Å². The van der Waals surface area contributed by atoms with Crippen LogP contribution < -0.4 is 0 Å². The number of carboxylic acids is 1. The highest BCUT2D eigenvalue weighted by Gasteiger charge is 2.13. The van der Waals surface area contributed by atoms with Gasteiger partial charge in [0.1, 0.15) is 0 Å². The molecule has 0 bridgehead atoms. The quantitative estimate of drug-likeness (QED) is 0.281. The fraction of sp³-hybridized carbons (Fsp3) is 0.500. The average Bonchev–Trinajstić information content (AvgIpc) is 2.00. The number of hydrogen-bond donors (Lipinski definition) is 3. The second-order valence-corrected chi connectivity index (χ2v) is 3.19. The molecule has 3 N–H and O–H groups in total. The molecule has 14 heavy (non-hydrogen) atoms. The van der Waals surface area contributed by atoms with Gasteiger partial charge in [0.05, 0.1) is 6.61 Å². The molecule has 0 saturated heterocycles. The Hall–Kier alpha value is -0.720. The van der Waals surface area contributed by atoms with Crippen LogP contribution in [-0.2, 0) is 18.9 Å². The molecule has 0 amide bonds. The van der Waals surface area contributed by atoms with Crippen molar-refractivity contribution in [2.24, 2.45) is 0 Å². The van der Waals surface area contributed by atoms with Gasteiger partial charge in [-0.25, -0.2) is 14.2 Å². The maximum Gasteiger partial charge on any atom is 0.496 e. The van der Waals surface area contributed by atoms with Crippen LogP contribution in [0.15, 0.2) is 12.2 Å². The highest BCUT2D eigenvalue weighted by Crippen LogP contribution is 2.35. The Morgan fingerprint density at radius 1 is 1.50 bits per heavy atom. The molecule has 7 nitrogen and oxygen atoms in total. The first-order valence-corrected chi connectivity index (χ1v) is 4.99. The fourth-order valence-electron chi connectivity index (χ4n) is 0.121. The molecule has 0 spiro atoms. The van der Waals surface area contributed by atoms with Gasteiger partial charge in [0.2, 0.25) is 0 Å². The summed E-state index contributed by atoms with van der Waals surface area (Å²) in [5.74, 6) is -0.935. The van der Waals surface area contributed by atoms with Crippen LogP contribution in [0.3, 0.4) is 0 Å². The smallest absolute Gasteiger partial charge is 0.478 e. The molecule has 0 aliphatic carbocycles. The summed E-state index contributed by atoms with van der Waals surface area (Å²) < 4.78 is 13.3. The maximum atomic E-state index is 9.74. The van der Waals surface area contributed by atoms with Gasteiger partial charge in [0.25, 0.3) is 0 Å². The van der Waals surface area contributed by atoms with Crippen molar-refractivity contribution in [3.05, 3.63) is 12.2 Å². The molecule has 0 unspecified atom stereocenters. The first-order valence-electron chi connectivity index (χ1n) is 3.46. The minimum Gasteiger partial charge on any atom is -0.478 e. The molecular weight excluding hydrogens is 215 g/mol. The summed E-state index contributed by atoms with van der Waals surface area (Å²) in [4.78, 5) is 29.4. The van der Waals surface area contributed by atoms with Crippen LogP contribution in [0.5, 0.6) is 0 Å². The third-order valence-electron chi connectivity index (χ3n) is 0.633. The molecule has 0 rings (SSSR count). The van der Waals surface area contributed by atoms with Crippen LogP contribution in [0, 0.1) is 0 Å². The van der Waals surface area contributed by atoms with E-state index in [1.54, 1.807) is 6.92 Å². The maximum absolute atomic E-state index is 9.74. The normalized spacial score (nSPS) is 10.0. The molecule has 0 aromatic carbocycles. The Labute approximate surface area is 81.1 Å². The third-order valence-corrected chi connectivity index (χ3v) is 0.932. The Bertz CT molecular complexity index is 218. The molecule has 0 aliphatic rings. The lowest BCUT2D eigenvalue weighted by molar-refractivity contribution is -0.217. The Morgan fingerprint density at radius 3 is 1.93 bits per heavy atom. The van der Waals surface area contributed by atoms with Gasteiger partial charge < -0.3 is 14.9 Å². The highest BCUT2D eigenvalue weighted by atomic mass is 31.2. The van der Waals surface area contributed by atoms with E-state index in [0.717, 1.165) is 0 Å². The van der Waals surface area contributed by atoms with Gasteiger partial charge in [-0.2, -0.15) is 0 Å². The lowest BCUT2D eigenvalue weighted by Crippen LogP contribution is -1.92. The summed E-state index contributed by atoms with van der Waals surface area (Å²) in [5.41, 5.74) is 0.176. The van der Waals surface area contributed by atoms with E-state index in [1.807, 2.05) is 0 Å². The van der Waals surface area contributed by atoms with Crippen molar-refractivity contribution >= 4 is 13.8 Å². The summed E-state index contributed by atoms with van der Waals surface area (Å²) in [6.45, 7) is 6.27.